The van der Waals surface area contributed by atoms with Crippen molar-refractivity contribution in [2.45, 2.75) is 44.2 Å². The van der Waals surface area contributed by atoms with E-state index in [0.717, 1.165) is 35.9 Å². The van der Waals surface area contributed by atoms with Crippen LogP contribution in [0.2, 0.25) is 0 Å². The zero-order chi connectivity index (χ0) is 16.0. The molecule has 1 N–H and O–H groups in total. The molecular weight excluding hydrogens is 312 g/mol. The van der Waals surface area contributed by atoms with Crippen molar-refractivity contribution in [3.63, 3.8) is 0 Å². The van der Waals surface area contributed by atoms with Crippen LogP contribution in [-0.2, 0) is 4.79 Å². The van der Waals surface area contributed by atoms with Crippen LogP contribution in [0.25, 0.3) is 10.2 Å². The van der Waals surface area contributed by atoms with Crippen LogP contribution in [0, 0.1) is 5.92 Å². The van der Waals surface area contributed by atoms with Crippen molar-refractivity contribution < 1.29 is 14.7 Å². The van der Waals surface area contributed by atoms with Gasteiger partial charge in [-0.3, -0.25) is 4.79 Å². The summed E-state index contributed by atoms with van der Waals surface area (Å²) in [6, 6.07) is 4.83. The molecule has 4 rings (SSSR count). The SMILES string of the molecule is O=C(O)[C@@H]1C[C@@H]2CCCC[C@@H]2N1C(=O)c1ccc2ncsc2c1. The molecule has 2 aromatic rings. The molecule has 0 unspecified atom stereocenters. The summed E-state index contributed by atoms with van der Waals surface area (Å²) in [7, 11) is 0. The minimum Gasteiger partial charge on any atom is -0.480 e. The Bertz CT molecular complexity index is 772. The Morgan fingerprint density at radius 2 is 2.09 bits per heavy atom. The number of aromatic nitrogens is 1. The summed E-state index contributed by atoms with van der Waals surface area (Å²) in [6.45, 7) is 0. The van der Waals surface area contributed by atoms with Crippen molar-refractivity contribution in [2.75, 3.05) is 0 Å². The van der Waals surface area contributed by atoms with Crippen LogP contribution in [0.1, 0.15) is 42.5 Å². The number of carbonyl (C=O) groups excluding carboxylic acids is 1. The van der Waals surface area contributed by atoms with E-state index in [0.29, 0.717) is 17.9 Å². The zero-order valence-electron chi connectivity index (χ0n) is 12.6. The molecular formula is C17H18N2O3S. The van der Waals surface area contributed by atoms with Gasteiger partial charge in [-0.15, -0.1) is 11.3 Å². The van der Waals surface area contributed by atoms with Crippen molar-refractivity contribution in [1.29, 1.82) is 0 Å². The van der Waals surface area contributed by atoms with Gasteiger partial charge >= 0.3 is 5.97 Å². The number of hydrogen-bond acceptors (Lipinski definition) is 4. The van der Waals surface area contributed by atoms with E-state index < -0.39 is 12.0 Å². The highest BCUT2D eigenvalue weighted by molar-refractivity contribution is 7.16. The van der Waals surface area contributed by atoms with E-state index in [1.54, 1.807) is 16.5 Å². The maximum atomic E-state index is 13.0. The number of carboxylic acid groups (broad SMARTS) is 1. The highest BCUT2D eigenvalue weighted by atomic mass is 32.1. The Hall–Kier alpha value is -1.95. The number of amides is 1. The van der Waals surface area contributed by atoms with E-state index >= 15 is 0 Å². The fourth-order valence-electron chi connectivity index (χ4n) is 4.11. The third-order valence-corrected chi connectivity index (χ3v) is 5.98. The largest absolute Gasteiger partial charge is 0.480 e. The maximum Gasteiger partial charge on any atom is 0.326 e. The quantitative estimate of drug-likeness (QED) is 0.918. The molecule has 1 saturated heterocycles. The Labute approximate surface area is 137 Å². The molecule has 0 spiro atoms. The summed E-state index contributed by atoms with van der Waals surface area (Å²) in [5, 5.41) is 9.56. The lowest BCUT2D eigenvalue weighted by Crippen LogP contribution is -2.46. The summed E-state index contributed by atoms with van der Waals surface area (Å²) in [4.78, 5) is 30.6. The van der Waals surface area contributed by atoms with Gasteiger partial charge in [0.15, 0.2) is 0 Å². The number of likely N-dealkylation sites (tertiary alicyclic amines) is 1. The van der Waals surface area contributed by atoms with Crippen molar-refractivity contribution in [3.8, 4) is 0 Å². The molecule has 1 aliphatic carbocycles. The first kappa shape index (κ1) is 14.6. The summed E-state index contributed by atoms with van der Waals surface area (Å²) in [5.41, 5.74) is 3.20. The van der Waals surface area contributed by atoms with Gasteiger partial charge in [-0.05, 0) is 43.4 Å². The second-order valence-corrected chi connectivity index (χ2v) is 7.34. The minimum absolute atomic E-state index is 0.0782. The number of aliphatic carboxylic acids is 1. The molecule has 1 aromatic heterocycles. The lowest BCUT2D eigenvalue weighted by molar-refractivity contribution is -0.141. The monoisotopic (exact) mass is 330 g/mol. The van der Waals surface area contributed by atoms with Gasteiger partial charge < -0.3 is 10.0 Å². The number of carbonyl (C=O) groups is 2. The summed E-state index contributed by atoms with van der Waals surface area (Å²) >= 11 is 1.49. The summed E-state index contributed by atoms with van der Waals surface area (Å²) in [6.07, 6.45) is 4.76. The van der Waals surface area contributed by atoms with Crippen molar-refractivity contribution in [2.24, 2.45) is 5.92 Å². The standard InChI is InChI=1S/C17H18N2O3S/c20-16(11-5-6-12-15(8-11)23-9-18-12)19-13-4-2-1-3-10(13)7-14(19)17(21)22/h5-6,8-10,13-14H,1-4,7H2,(H,21,22)/t10-,13-,14-/m0/s1. The highest BCUT2D eigenvalue weighted by Gasteiger charge is 2.47. The van der Waals surface area contributed by atoms with E-state index in [1.807, 2.05) is 12.1 Å². The van der Waals surface area contributed by atoms with Crippen LogP contribution in [0.4, 0.5) is 0 Å². The molecule has 120 valence electrons. The van der Waals surface area contributed by atoms with Gasteiger partial charge in [0.05, 0.1) is 15.7 Å². The topological polar surface area (TPSA) is 70.5 Å². The molecule has 2 aliphatic rings. The second kappa shape index (κ2) is 5.60. The molecule has 5 nitrogen and oxygen atoms in total. The number of nitrogens with zero attached hydrogens (tertiary/aromatic N) is 2. The Morgan fingerprint density at radius 1 is 1.26 bits per heavy atom. The normalized spacial score (nSPS) is 27.1. The van der Waals surface area contributed by atoms with Crippen LogP contribution < -0.4 is 0 Å². The molecule has 2 heterocycles. The smallest absolute Gasteiger partial charge is 0.326 e. The first-order chi connectivity index (χ1) is 11.1. The third-order valence-electron chi connectivity index (χ3n) is 5.19. The molecule has 1 saturated carbocycles. The molecule has 0 bridgehead atoms. The predicted molar refractivity (Wildman–Crippen MR) is 87.6 cm³/mol. The number of carboxylic acids is 1. The van der Waals surface area contributed by atoms with Crippen molar-refractivity contribution in [1.82, 2.24) is 9.88 Å². The van der Waals surface area contributed by atoms with Crippen molar-refractivity contribution in [3.05, 3.63) is 29.3 Å². The molecule has 1 aromatic carbocycles. The van der Waals surface area contributed by atoms with Crippen LogP contribution in [0.5, 0.6) is 0 Å². The van der Waals surface area contributed by atoms with Crippen LogP contribution in [0.15, 0.2) is 23.7 Å². The van der Waals surface area contributed by atoms with E-state index in [4.69, 9.17) is 0 Å². The molecule has 6 heteroatoms. The first-order valence-electron chi connectivity index (χ1n) is 8.04. The van der Waals surface area contributed by atoms with Gasteiger partial charge in [-0.25, -0.2) is 9.78 Å². The highest BCUT2D eigenvalue weighted by Crippen LogP contribution is 2.40. The Kier molecular flexibility index (Phi) is 3.56. The van der Waals surface area contributed by atoms with E-state index in [9.17, 15) is 14.7 Å². The Balaban J connectivity index is 1.70. The summed E-state index contributed by atoms with van der Waals surface area (Å²) < 4.78 is 0.960. The maximum absolute atomic E-state index is 13.0. The van der Waals surface area contributed by atoms with Gasteiger partial charge in [-0.2, -0.15) is 0 Å². The minimum atomic E-state index is -0.883. The molecule has 23 heavy (non-hydrogen) atoms. The van der Waals surface area contributed by atoms with Gasteiger partial charge in [0.2, 0.25) is 0 Å². The van der Waals surface area contributed by atoms with Crippen LogP contribution in [0.3, 0.4) is 0 Å². The Morgan fingerprint density at radius 3 is 2.91 bits per heavy atom. The van der Waals surface area contributed by atoms with Crippen LogP contribution in [-0.4, -0.2) is 39.0 Å². The molecule has 1 aliphatic heterocycles. The van der Waals surface area contributed by atoms with Gasteiger partial charge in [0.25, 0.3) is 5.91 Å². The number of rotatable bonds is 2. The lowest BCUT2D eigenvalue weighted by atomic mass is 9.84. The van der Waals surface area contributed by atoms with E-state index in [-0.39, 0.29) is 11.9 Å². The van der Waals surface area contributed by atoms with E-state index in [2.05, 4.69) is 4.98 Å². The molecule has 2 fully saturated rings. The number of benzene rings is 1. The second-order valence-electron chi connectivity index (χ2n) is 6.45. The fourth-order valence-corrected chi connectivity index (χ4v) is 4.83. The number of fused-ring (bicyclic) bond motifs is 2. The molecule has 3 atom stereocenters. The van der Waals surface area contributed by atoms with Gasteiger partial charge in [0, 0.05) is 11.6 Å². The van der Waals surface area contributed by atoms with Crippen molar-refractivity contribution >= 4 is 33.4 Å². The zero-order valence-corrected chi connectivity index (χ0v) is 13.5. The molecule has 0 radical (unpaired) electrons. The number of hydrogen-bond donors (Lipinski definition) is 1. The third kappa shape index (κ3) is 2.41. The summed E-state index contributed by atoms with van der Waals surface area (Å²) in [5.74, 6) is -0.699. The predicted octanol–water partition coefficient (Wildman–Crippen LogP) is 3.15. The average Bonchev–Trinajstić information content (AvgIpc) is 3.17. The number of thiazole rings is 1. The average molecular weight is 330 g/mol. The first-order valence-corrected chi connectivity index (χ1v) is 8.92. The molecule has 1 amide bonds. The fraction of sp³-hybridized carbons (Fsp3) is 0.471. The van der Waals surface area contributed by atoms with Gasteiger partial charge in [0.1, 0.15) is 6.04 Å². The van der Waals surface area contributed by atoms with E-state index in [1.165, 1.54) is 11.3 Å². The lowest BCUT2D eigenvalue weighted by Gasteiger charge is -2.33. The van der Waals surface area contributed by atoms with Gasteiger partial charge in [-0.1, -0.05) is 12.8 Å². The van der Waals surface area contributed by atoms with Crippen LogP contribution >= 0.6 is 11.3 Å².